The molecule has 1 aliphatic rings. The van der Waals surface area contributed by atoms with Crippen molar-refractivity contribution in [1.29, 1.82) is 0 Å². The number of nitrogens with zero attached hydrogens (tertiary/aromatic N) is 3. The molecule has 9 heteroatoms. The Morgan fingerprint density at radius 3 is 2.39 bits per heavy atom. The van der Waals surface area contributed by atoms with Gasteiger partial charge in [-0.3, -0.25) is 25.0 Å². The lowest BCUT2D eigenvalue weighted by Crippen LogP contribution is -2.32. The first-order valence-electron chi connectivity index (χ1n) is 10.2. The Kier molecular flexibility index (Phi) is 6.13. The van der Waals surface area contributed by atoms with Crippen molar-refractivity contribution in [2.45, 2.75) is 25.5 Å². The minimum atomic E-state index is -0.684. The van der Waals surface area contributed by atoms with Gasteiger partial charge in [-0.25, -0.2) is 0 Å². The third kappa shape index (κ3) is 5.40. The van der Waals surface area contributed by atoms with Crippen LogP contribution in [-0.4, -0.2) is 44.5 Å². The molecule has 1 amide bonds. The number of benzene rings is 2. The zero-order chi connectivity index (χ0) is 23.3. The van der Waals surface area contributed by atoms with Gasteiger partial charge in [-0.2, -0.15) is 0 Å². The average Bonchev–Trinajstić information content (AvgIpc) is 3.17. The van der Waals surface area contributed by atoms with Crippen molar-refractivity contribution >= 4 is 35.5 Å². The highest BCUT2D eigenvalue weighted by atomic mass is 16.6. The van der Waals surface area contributed by atoms with Crippen LogP contribution in [0, 0.1) is 20.2 Å². The van der Waals surface area contributed by atoms with E-state index in [0.717, 1.165) is 17.2 Å². The van der Waals surface area contributed by atoms with Gasteiger partial charge in [0.25, 0.3) is 11.4 Å². The fourth-order valence-corrected chi connectivity index (χ4v) is 3.27. The number of aliphatic hydroxyl groups excluding tert-OH is 1. The van der Waals surface area contributed by atoms with Gasteiger partial charge in [-0.1, -0.05) is 30.3 Å². The monoisotopic (exact) mass is 424 g/mol. The molecule has 1 fully saturated rings. The first-order chi connectivity index (χ1) is 15.3. The first kappa shape index (κ1) is 20.4. The van der Waals surface area contributed by atoms with Crippen molar-refractivity contribution in [1.82, 2.24) is 4.90 Å². The summed E-state index contributed by atoms with van der Waals surface area (Å²) >= 11 is 0. The van der Waals surface area contributed by atoms with E-state index < -0.39 is 16.0 Å². The number of aliphatic hydroxyl groups is 1. The summed E-state index contributed by atoms with van der Waals surface area (Å²) in [5, 5.41) is 31.8. The average molecular weight is 424 g/mol. The minimum Gasteiger partial charge on any atom is -0.391 e. The van der Waals surface area contributed by atoms with Crippen LogP contribution in [0.2, 0.25) is 0 Å². The van der Waals surface area contributed by atoms with Gasteiger partial charge >= 0.3 is 0 Å². The van der Waals surface area contributed by atoms with Gasteiger partial charge in [0.1, 0.15) is 0 Å². The van der Waals surface area contributed by atoms with E-state index in [0.29, 0.717) is 6.42 Å². The summed E-state index contributed by atoms with van der Waals surface area (Å²) in [4.78, 5) is 34.6. The summed E-state index contributed by atoms with van der Waals surface area (Å²) in [5.74, 6) is -0.256. The summed E-state index contributed by atoms with van der Waals surface area (Å²) in [6, 6.07) is 10.3. The third-order valence-corrected chi connectivity index (χ3v) is 4.91. The van der Waals surface area contributed by atoms with Gasteiger partial charge in [-0.15, -0.1) is 0 Å². The Hall–Kier alpha value is -3.85. The number of amides is 1. The zero-order valence-corrected chi connectivity index (χ0v) is 16.5. The minimum absolute atomic E-state index is 0.0462. The molecule has 0 unspecified atom stereocenters. The quantitative estimate of drug-likeness (QED) is 0.326. The second kappa shape index (κ2) is 9.31. The molecule has 2 atom stereocenters. The number of carbonyl (C=O) groups is 1. The summed E-state index contributed by atoms with van der Waals surface area (Å²) in [6.07, 6.45) is 6.03. The molecule has 3 rings (SSSR count). The molecule has 1 heterocycles. The predicted molar refractivity (Wildman–Crippen MR) is 116 cm³/mol. The number of rotatable bonds is 6. The van der Waals surface area contributed by atoms with E-state index in [9.17, 15) is 30.1 Å². The van der Waals surface area contributed by atoms with E-state index in [-0.39, 0.29) is 42.3 Å². The molecule has 160 valence electrons. The lowest BCUT2D eigenvalue weighted by atomic mass is 10.1. The van der Waals surface area contributed by atoms with Crippen LogP contribution in [0.25, 0.3) is 18.2 Å². The van der Waals surface area contributed by atoms with E-state index in [4.69, 9.17) is 1.37 Å². The molecule has 0 aromatic heterocycles. The van der Waals surface area contributed by atoms with E-state index in [1.807, 2.05) is 0 Å². The smallest absolute Gasteiger partial charge is 0.283 e. The number of carbonyl (C=O) groups excluding carboxylic acids is 1. The maximum absolute atomic E-state index is 12.3. The van der Waals surface area contributed by atoms with Gasteiger partial charge in [0, 0.05) is 26.1 Å². The van der Waals surface area contributed by atoms with E-state index in [1.54, 1.807) is 36.4 Å². The van der Waals surface area contributed by atoms with Crippen LogP contribution in [0.5, 0.6) is 0 Å². The van der Waals surface area contributed by atoms with Crippen molar-refractivity contribution in [3.8, 4) is 0 Å². The van der Waals surface area contributed by atoms with Crippen molar-refractivity contribution in [3.05, 3.63) is 85.5 Å². The number of non-ortho nitro benzene ring substituents is 1. The number of nitro benzene ring substituents is 2. The van der Waals surface area contributed by atoms with Gasteiger partial charge in [0.05, 0.1) is 27.6 Å². The summed E-state index contributed by atoms with van der Waals surface area (Å²) < 4.78 is 7.50. The Labute approximate surface area is 179 Å². The fraction of sp³-hybridized carbons (Fsp3) is 0.227. The van der Waals surface area contributed by atoms with Gasteiger partial charge < -0.3 is 10.0 Å². The van der Waals surface area contributed by atoms with Crippen LogP contribution in [0.1, 0.15) is 31.4 Å². The van der Waals surface area contributed by atoms with Crippen molar-refractivity contribution < 1.29 is 21.1 Å². The fourth-order valence-electron chi connectivity index (χ4n) is 3.27. The maximum Gasteiger partial charge on any atom is 0.283 e. The Bertz CT molecular complexity index is 1080. The maximum atomic E-state index is 12.3. The standard InChI is InChI=1S/C22H21N3O6/c1-15-12-20(26)14-23(15)22(27)11-7-17-4-2-16(3-5-17)6-8-18-9-10-19(24(28)29)13-21(18)25(30)31/h2-11,13,15,20,26H,12,14H2,1H3/b8-6+,11-7+/t15-,20-/m1/s1/i1D. The molecule has 9 nitrogen and oxygen atoms in total. The van der Waals surface area contributed by atoms with Crippen LogP contribution in [0.4, 0.5) is 11.4 Å². The predicted octanol–water partition coefficient (Wildman–Crippen LogP) is 3.67. The Morgan fingerprint density at radius 1 is 1.10 bits per heavy atom. The van der Waals surface area contributed by atoms with Gasteiger partial charge in [0.2, 0.25) is 5.91 Å². The van der Waals surface area contributed by atoms with Crippen LogP contribution in [0.15, 0.2) is 48.5 Å². The van der Waals surface area contributed by atoms with Crippen molar-refractivity contribution in [2.75, 3.05) is 6.54 Å². The molecule has 1 N–H and O–H groups in total. The second-order valence-corrected chi connectivity index (χ2v) is 7.12. The highest BCUT2D eigenvalue weighted by Crippen LogP contribution is 2.26. The number of β-amino-alcohol motifs (C(OH)–C–C–N with tert-alkyl or cyclic N) is 1. The molecule has 2 aromatic rings. The largest absolute Gasteiger partial charge is 0.391 e. The molecule has 0 spiro atoms. The molecule has 0 aliphatic carbocycles. The van der Waals surface area contributed by atoms with E-state index in [2.05, 4.69) is 0 Å². The highest BCUT2D eigenvalue weighted by Gasteiger charge is 2.29. The Balaban J connectivity index is 1.69. The summed E-state index contributed by atoms with van der Waals surface area (Å²) in [7, 11) is 0. The van der Waals surface area contributed by atoms with Crippen molar-refractivity contribution in [3.63, 3.8) is 0 Å². The number of nitro groups is 2. The molecule has 31 heavy (non-hydrogen) atoms. The van der Waals surface area contributed by atoms with Crippen LogP contribution < -0.4 is 0 Å². The molecule has 0 radical (unpaired) electrons. The highest BCUT2D eigenvalue weighted by molar-refractivity contribution is 5.92. The van der Waals surface area contributed by atoms with Crippen molar-refractivity contribution in [2.24, 2.45) is 0 Å². The SMILES string of the molecule is [2H]C[C@@H]1C[C@@H](O)CN1C(=O)/C=C/c1ccc(/C=C/c2ccc([N+](=O)[O-])cc2[N+](=O)[O-])cc1. The van der Waals surface area contributed by atoms with Crippen LogP contribution in [-0.2, 0) is 4.79 Å². The summed E-state index contributed by atoms with van der Waals surface area (Å²) in [5.41, 5.74) is 1.05. The molecular formula is C22H21N3O6. The van der Waals surface area contributed by atoms with E-state index >= 15 is 0 Å². The molecule has 2 aromatic carbocycles. The van der Waals surface area contributed by atoms with Crippen LogP contribution in [0.3, 0.4) is 0 Å². The normalized spacial score (nSPS) is 19.1. The lowest BCUT2D eigenvalue weighted by molar-refractivity contribution is -0.394. The number of hydrogen-bond acceptors (Lipinski definition) is 6. The number of likely N-dealkylation sites (tertiary alicyclic amines) is 1. The van der Waals surface area contributed by atoms with Crippen LogP contribution >= 0.6 is 0 Å². The molecule has 0 saturated carbocycles. The zero-order valence-electron chi connectivity index (χ0n) is 17.5. The van der Waals surface area contributed by atoms with E-state index in [1.165, 1.54) is 29.2 Å². The summed E-state index contributed by atoms with van der Waals surface area (Å²) in [6.45, 7) is 0.274. The third-order valence-electron chi connectivity index (χ3n) is 4.91. The molecular weight excluding hydrogens is 402 g/mol. The topological polar surface area (TPSA) is 127 Å². The molecule has 0 bridgehead atoms. The molecule has 1 aliphatic heterocycles. The molecule has 1 saturated heterocycles. The first-order valence-corrected chi connectivity index (χ1v) is 9.45. The Morgan fingerprint density at radius 2 is 1.77 bits per heavy atom. The number of hydrogen-bond donors (Lipinski definition) is 1. The van der Waals surface area contributed by atoms with Gasteiger partial charge in [-0.05, 0) is 42.7 Å². The lowest BCUT2D eigenvalue weighted by Gasteiger charge is -2.18. The second-order valence-electron chi connectivity index (χ2n) is 7.12. The van der Waals surface area contributed by atoms with Gasteiger partial charge in [0.15, 0.2) is 0 Å².